The maximum absolute atomic E-state index is 3.98. The van der Waals surface area contributed by atoms with Gasteiger partial charge in [-0.2, -0.15) is 5.10 Å². The summed E-state index contributed by atoms with van der Waals surface area (Å²) in [7, 11) is 0. The normalized spacial score (nSPS) is 11.0. The molecule has 0 aliphatic rings. The topological polar surface area (TPSA) is 58.9 Å². The van der Waals surface area contributed by atoms with Gasteiger partial charge in [0.05, 0.1) is 6.20 Å². The monoisotopic (exact) mass is 263 g/mol. The quantitative estimate of drug-likeness (QED) is 0.730. The van der Waals surface area contributed by atoms with Gasteiger partial charge in [0.2, 0.25) is 4.73 Å². The lowest BCUT2D eigenvalue weighted by Gasteiger charge is -1.98. The van der Waals surface area contributed by atoms with E-state index in [4.69, 9.17) is 0 Å². The lowest BCUT2D eigenvalue weighted by atomic mass is 10.2. The van der Waals surface area contributed by atoms with Gasteiger partial charge in [0.1, 0.15) is 0 Å². The first-order chi connectivity index (χ1) is 7.34. The molecule has 0 aliphatic carbocycles. The number of aromatic nitrogens is 5. The van der Waals surface area contributed by atoms with Gasteiger partial charge in [-0.3, -0.25) is 9.50 Å². The molecule has 3 aromatic heterocycles. The maximum atomic E-state index is 3.98. The zero-order chi connectivity index (χ0) is 10.3. The maximum Gasteiger partial charge on any atom is 0.204 e. The Labute approximate surface area is 93.3 Å². The minimum Gasteiger partial charge on any atom is -0.285 e. The van der Waals surface area contributed by atoms with Crippen LogP contribution in [0.4, 0.5) is 0 Å². The highest BCUT2D eigenvalue weighted by Crippen LogP contribution is 2.19. The summed E-state index contributed by atoms with van der Waals surface area (Å²) in [5.41, 5.74) is 2.92. The zero-order valence-corrected chi connectivity index (χ0v) is 9.14. The second kappa shape index (κ2) is 3.16. The summed E-state index contributed by atoms with van der Waals surface area (Å²) in [6.07, 6.45) is 5.59. The first-order valence-electron chi connectivity index (χ1n) is 4.34. The molecule has 0 saturated heterocycles. The Bertz CT molecular complexity index is 598. The number of hydrogen-bond acceptors (Lipinski definition) is 3. The molecule has 1 N–H and O–H groups in total. The van der Waals surface area contributed by atoms with Gasteiger partial charge in [-0.1, -0.05) is 0 Å². The SMILES string of the molecule is Brc1nnc2ccc(-c3cn[nH]c3)cn12. The highest BCUT2D eigenvalue weighted by atomic mass is 79.9. The molecule has 74 valence electrons. The largest absolute Gasteiger partial charge is 0.285 e. The van der Waals surface area contributed by atoms with Crippen LogP contribution in [0.25, 0.3) is 16.8 Å². The molecule has 0 fully saturated rings. The number of fused-ring (bicyclic) bond motifs is 1. The van der Waals surface area contributed by atoms with E-state index < -0.39 is 0 Å². The molecule has 3 aromatic rings. The highest BCUT2D eigenvalue weighted by Gasteiger charge is 2.04. The first-order valence-corrected chi connectivity index (χ1v) is 5.13. The number of hydrogen-bond donors (Lipinski definition) is 1. The third kappa shape index (κ3) is 1.33. The predicted octanol–water partition coefficient (Wildman–Crippen LogP) is 1.88. The van der Waals surface area contributed by atoms with Gasteiger partial charge in [-0.05, 0) is 28.1 Å². The number of pyridine rings is 1. The molecule has 0 unspecified atom stereocenters. The number of nitrogens with zero attached hydrogens (tertiary/aromatic N) is 4. The van der Waals surface area contributed by atoms with Crippen LogP contribution in [-0.4, -0.2) is 24.8 Å². The second-order valence-electron chi connectivity index (χ2n) is 3.10. The molecule has 15 heavy (non-hydrogen) atoms. The van der Waals surface area contributed by atoms with Gasteiger partial charge < -0.3 is 0 Å². The Morgan fingerprint density at radius 2 is 2.13 bits per heavy atom. The minimum atomic E-state index is 0.697. The zero-order valence-electron chi connectivity index (χ0n) is 7.55. The van der Waals surface area contributed by atoms with Crippen molar-refractivity contribution in [2.24, 2.45) is 0 Å². The Hall–Kier alpha value is -1.69. The molecule has 0 radical (unpaired) electrons. The van der Waals surface area contributed by atoms with E-state index in [0.717, 1.165) is 16.8 Å². The van der Waals surface area contributed by atoms with E-state index in [1.807, 2.05) is 28.9 Å². The fraction of sp³-hybridized carbons (Fsp3) is 0. The van der Waals surface area contributed by atoms with Crippen LogP contribution in [0.2, 0.25) is 0 Å². The summed E-state index contributed by atoms with van der Waals surface area (Å²) in [4.78, 5) is 0. The van der Waals surface area contributed by atoms with Crippen molar-refractivity contribution in [3.05, 3.63) is 35.5 Å². The fourth-order valence-electron chi connectivity index (χ4n) is 1.44. The van der Waals surface area contributed by atoms with Crippen LogP contribution in [0.15, 0.2) is 35.5 Å². The second-order valence-corrected chi connectivity index (χ2v) is 3.81. The van der Waals surface area contributed by atoms with Gasteiger partial charge in [0.15, 0.2) is 5.65 Å². The van der Waals surface area contributed by atoms with E-state index >= 15 is 0 Å². The third-order valence-corrected chi connectivity index (χ3v) is 2.73. The molecule has 0 bridgehead atoms. The van der Waals surface area contributed by atoms with Crippen LogP contribution in [0.5, 0.6) is 0 Å². The summed E-state index contributed by atoms with van der Waals surface area (Å²) >= 11 is 3.33. The number of nitrogens with one attached hydrogen (secondary N) is 1. The molecule has 0 atom stereocenters. The Balaban J connectivity index is 2.25. The molecule has 3 rings (SSSR count). The highest BCUT2D eigenvalue weighted by molar-refractivity contribution is 9.10. The number of rotatable bonds is 1. The molecule has 0 aliphatic heterocycles. The molecule has 3 heterocycles. The Morgan fingerprint density at radius 1 is 1.20 bits per heavy atom. The lowest BCUT2D eigenvalue weighted by molar-refractivity contribution is 1.05. The summed E-state index contributed by atoms with van der Waals surface area (Å²) in [5, 5.41) is 14.6. The van der Waals surface area contributed by atoms with Crippen LogP contribution < -0.4 is 0 Å². The van der Waals surface area contributed by atoms with E-state index in [1.54, 1.807) is 6.20 Å². The molecule has 0 aromatic carbocycles. The predicted molar refractivity (Wildman–Crippen MR) is 58.3 cm³/mol. The van der Waals surface area contributed by atoms with Gasteiger partial charge >= 0.3 is 0 Å². The molecule has 5 nitrogen and oxygen atoms in total. The number of halogens is 1. The summed E-state index contributed by atoms with van der Waals surface area (Å²) in [5.74, 6) is 0. The van der Waals surface area contributed by atoms with Crippen molar-refractivity contribution < 1.29 is 0 Å². The summed E-state index contributed by atoms with van der Waals surface area (Å²) in [6.45, 7) is 0. The van der Waals surface area contributed by atoms with Gasteiger partial charge in [-0.15, -0.1) is 10.2 Å². The van der Waals surface area contributed by atoms with Crippen molar-refractivity contribution >= 4 is 21.6 Å². The average molecular weight is 264 g/mol. The first kappa shape index (κ1) is 8.60. The molecular weight excluding hydrogens is 258 g/mol. The van der Waals surface area contributed by atoms with Gasteiger partial charge in [-0.25, -0.2) is 0 Å². The Kier molecular flexibility index (Phi) is 1.81. The van der Waals surface area contributed by atoms with Crippen LogP contribution >= 0.6 is 15.9 Å². The van der Waals surface area contributed by atoms with Crippen LogP contribution in [0.3, 0.4) is 0 Å². The number of H-pyrrole nitrogens is 1. The molecule has 0 amide bonds. The summed E-state index contributed by atoms with van der Waals surface area (Å²) < 4.78 is 2.57. The van der Waals surface area contributed by atoms with Crippen molar-refractivity contribution in [2.75, 3.05) is 0 Å². The molecular formula is C9H6BrN5. The minimum absolute atomic E-state index is 0.697. The summed E-state index contributed by atoms with van der Waals surface area (Å²) in [6, 6.07) is 3.90. The van der Waals surface area contributed by atoms with Crippen molar-refractivity contribution in [1.82, 2.24) is 24.8 Å². The van der Waals surface area contributed by atoms with Crippen molar-refractivity contribution in [2.45, 2.75) is 0 Å². The van der Waals surface area contributed by atoms with E-state index in [-0.39, 0.29) is 0 Å². The lowest BCUT2D eigenvalue weighted by Crippen LogP contribution is -1.86. The Morgan fingerprint density at radius 3 is 2.93 bits per heavy atom. The number of aromatic amines is 1. The molecule has 0 saturated carbocycles. The van der Waals surface area contributed by atoms with E-state index in [2.05, 4.69) is 36.3 Å². The van der Waals surface area contributed by atoms with Gasteiger partial charge in [0, 0.05) is 23.5 Å². The smallest absolute Gasteiger partial charge is 0.204 e. The molecule has 0 spiro atoms. The van der Waals surface area contributed by atoms with E-state index in [0.29, 0.717) is 4.73 Å². The van der Waals surface area contributed by atoms with E-state index in [9.17, 15) is 0 Å². The average Bonchev–Trinajstić information content (AvgIpc) is 2.88. The van der Waals surface area contributed by atoms with Crippen LogP contribution in [0.1, 0.15) is 0 Å². The van der Waals surface area contributed by atoms with Crippen molar-refractivity contribution in [3.8, 4) is 11.1 Å². The third-order valence-electron chi connectivity index (χ3n) is 2.19. The van der Waals surface area contributed by atoms with Crippen molar-refractivity contribution in [1.29, 1.82) is 0 Å². The van der Waals surface area contributed by atoms with Crippen molar-refractivity contribution in [3.63, 3.8) is 0 Å². The van der Waals surface area contributed by atoms with Crippen LogP contribution in [0, 0.1) is 0 Å². The molecule has 6 heteroatoms. The van der Waals surface area contributed by atoms with Gasteiger partial charge in [0.25, 0.3) is 0 Å². The fourth-order valence-corrected chi connectivity index (χ4v) is 1.81. The van der Waals surface area contributed by atoms with Crippen LogP contribution in [-0.2, 0) is 0 Å². The standard InChI is InChI=1S/C9H6BrN5/c10-9-14-13-8-2-1-6(5-15(8)9)7-3-11-12-4-7/h1-5H,(H,11,12). The van der Waals surface area contributed by atoms with E-state index in [1.165, 1.54) is 0 Å².